The van der Waals surface area contributed by atoms with Crippen LogP contribution < -0.4 is 0 Å². The van der Waals surface area contributed by atoms with Gasteiger partial charge in [-0.25, -0.2) is 0 Å². The minimum absolute atomic E-state index is 0.213. The Morgan fingerprint density at radius 1 is 1.50 bits per heavy atom. The molecule has 0 spiro atoms. The maximum atomic E-state index is 12.3. The number of alkyl halides is 3. The molecule has 0 aliphatic heterocycles. The molecule has 0 aliphatic rings. The van der Waals surface area contributed by atoms with E-state index in [1.807, 2.05) is 0 Å². The van der Waals surface area contributed by atoms with Gasteiger partial charge in [-0.15, -0.1) is 13.2 Å². The topological polar surface area (TPSA) is 34.9 Å². The van der Waals surface area contributed by atoms with Crippen LogP contribution in [0.1, 0.15) is 24.3 Å². The number of hydrogen-bond donors (Lipinski definition) is 0. The lowest BCUT2D eigenvalue weighted by atomic mass is 10.1. The molecule has 3 nitrogen and oxygen atoms in total. The molecule has 6 heteroatoms. The minimum atomic E-state index is -4.64. The molecule has 78 valence electrons. The van der Waals surface area contributed by atoms with Gasteiger partial charge in [-0.2, -0.15) is 9.78 Å². The predicted molar refractivity (Wildman–Crippen MR) is 42.7 cm³/mol. The van der Waals surface area contributed by atoms with Crippen LogP contribution in [-0.4, -0.2) is 15.6 Å². The SMILES string of the molecule is CC(C)C(=O)c1ccnn1C(F)(F)F. The summed E-state index contributed by atoms with van der Waals surface area (Å²) in [6.45, 7) is 3.08. The van der Waals surface area contributed by atoms with Crippen molar-refractivity contribution in [2.75, 3.05) is 0 Å². The van der Waals surface area contributed by atoms with Gasteiger partial charge >= 0.3 is 6.30 Å². The van der Waals surface area contributed by atoms with Gasteiger partial charge < -0.3 is 0 Å². The molecule has 1 heterocycles. The quantitative estimate of drug-likeness (QED) is 0.695. The summed E-state index contributed by atoms with van der Waals surface area (Å²) < 4.78 is 36.5. The van der Waals surface area contributed by atoms with E-state index in [-0.39, 0.29) is 4.68 Å². The van der Waals surface area contributed by atoms with Gasteiger partial charge in [-0.1, -0.05) is 13.8 Å². The van der Waals surface area contributed by atoms with E-state index in [4.69, 9.17) is 0 Å². The zero-order valence-electron chi connectivity index (χ0n) is 7.67. The van der Waals surface area contributed by atoms with E-state index in [1.54, 1.807) is 0 Å². The van der Waals surface area contributed by atoms with Crippen LogP contribution in [-0.2, 0) is 6.30 Å². The fraction of sp³-hybridized carbons (Fsp3) is 0.500. The number of ketones is 1. The first-order valence-corrected chi connectivity index (χ1v) is 3.99. The standard InChI is InChI=1S/C8H9F3N2O/c1-5(2)7(14)6-3-4-12-13(6)8(9,10)11/h3-5H,1-2H3. The maximum absolute atomic E-state index is 12.3. The van der Waals surface area contributed by atoms with Gasteiger partial charge in [0.15, 0.2) is 5.78 Å². The van der Waals surface area contributed by atoms with Crippen molar-refractivity contribution in [2.45, 2.75) is 20.1 Å². The van der Waals surface area contributed by atoms with Crippen molar-refractivity contribution in [1.29, 1.82) is 0 Å². The Balaban J connectivity index is 3.12. The second-order valence-electron chi connectivity index (χ2n) is 3.12. The molecule has 0 atom stereocenters. The van der Waals surface area contributed by atoms with Crippen LogP contribution in [0.3, 0.4) is 0 Å². The van der Waals surface area contributed by atoms with Gasteiger partial charge in [-0.05, 0) is 6.07 Å². The van der Waals surface area contributed by atoms with E-state index >= 15 is 0 Å². The Kier molecular flexibility index (Phi) is 2.64. The highest BCUT2D eigenvalue weighted by Crippen LogP contribution is 2.24. The Labute approximate surface area is 78.5 Å². The first kappa shape index (κ1) is 10.7. The van der Waals surface area contributed by atoms with Crippen LogP contribution in [0, 0.1) is 5.92 Å². The summed E-state index contributed by atoms with van der Waals surface area (Å²) >= 11 is 0. The molecule has 0 amide bonds. The van der Waals surface area contributed by atoms with Gasteiger partial charge in [0, 0.05) is 5.92 Å². The van der Waals surface area contributed by atoms with Gasteiger partial charge in [0.1, 0.15) is 5.69 Å². The normalized spacial score (nSPS) is 12.1. The molecule has 0 saturated carbocycles. The highest BCUT2D eigenvalue weighted by atomic mass is 19.4. The van der Waals surface area contributed by atoms with Crippen LogP contribution in [0.5, 0.6) is 0 Å². The molecule has 14 heavy (non-hydrogen) atoms. The van der Waals surface area contributed by atoms with Crippen LogP contribution in [0.2, 0.25) is 0 Å². The summed E-state index contributed by atoms with van der Waals surface area (Å²) in [4.78, 5) is 11.3. The van der Waals surface area contributed by atoms with Gasteiger partial charge in [0.2, 0.25) is 0 Å². The number of nitrogens with zero attached hydrogens (tertiary/aromatic N) is 2. The summed E-state index contributed by atoms with van der Waals surface area (Å²) in [7, 11) is 0. The Hall–Kier alpha value is -1.33. The Morgan fingerprint density at radius 3 is 2.50 bits per heavy atom. The molecule has 1 rings (SSSR count). The minimum Gasteiger partial charge on any atom is -0.292 e. The van der Waals surface area contributed by atoms with Gasteiger partial charge in [0.05, 0.1) is 6.20 Å². The van der Waals surface area contributed by atoms with Crippen LogP contribution in [0.25, 0.3) is 0 Å². The third kappa shape index (κ3) is 1.94. The van der Waals surface area contributed by atoms with Crippen LogP contribution in [0.15, 0.2) is 12.3 Å². The molecule has 0 N–H and O–H groups in total. The van der Waals surface area contributed by atoms with E-state index in [0.717, 1.165) is 12.3 Å². The highest BCUT2D eigenvalue weighted by Gasteiger charge is 2.35. The summed E-state index contributed by atoms with van der Waals surface area (Å²) in [5.41, 5.74) is -0.424. The molecule has 0 bridgehead atoms. The molecular formula is C8H9F3N2O. The van der Waals surface area contributed by atoms with Crippen LogP contribution in [0.4, 0.5) is 13.2 Å². The number of aromatic nitrogens is 2. The molecular weight excluding hydrogens is 197 g/mol. The van der Waals surface area contributed by atoms with Crippen molar-refractivity contribution in [1.82, 2.24) is 9.78 Å². The summed E-state index contributed by atoms with van der Waals surface area (Å²) in [6.07, 6.45) is -3.67. The molecule has 0 aliphatic carbocycles. The predicted octanol–water partition coefficient (Wildman–Crippen LogP) is 2.20. The molecule has 1 aromatic heterocycles. The van der Waals surface area contributed by atoms with E-state index in [1.165, 1.54) is 13.8 Å². The van der Waals surface area contributed by atoms with Crippen molar-refractivity contribution in [3.63, 3.8) is 0 Å². The zero-order chi connectivity index (χ0) is 10.9. The summed E-state index contributed by atoms with van der Waals surface area (Å²) in [5, 5.41) is 3.06. The maximum Gasteiger partial charge on any atom is 0.505 e. The fourth-order valence-corrected chi connectivity index (χ4v) is 0.988. The largest absolute Gasteiger partial charge is 0.505 e. The number of Topliss-reactive ketones (excluding diaryl/α,β-unsaturated/α-hetero) is 1. The fourth-order valence-electron chi connectivity index (χ4n) is 0.988. The number of carbonyl (C=O) groups excluding carboxylic acids is 1. The second kappa shape index (κ2) is 3.43. The third-order valence-corrected chi connectivity index (χ3v) is 1.66. The first-order valence-electron chi connectivity index (χ1n) is 3.99. The monoisotopic (exact) mass is 206 g/mol. The number of carbonyl (C=O) groups is 1. The Morgan fingerprint density at radius 2 is 2.07 bits per heavy atom. The molecule has 0 fully saturated rings. The van der Waals surface area contributed by atoms with Gasteiger partial charge in [0.25, 0.3) is 0 Å². The summed E-state index contributed by atoms with van der Waals surface area (Å²) in [6, 6.07) is 1.07. The molecule has 1 aromatic rings. The van der Waals surface area contributed by atoms with Crippen LogP contribution >= 0.6 is 0 Å². The van der Waals surface area contributed by atoms with Crippen molar-refractivity contribution in [3.8, 4) is 0 Å². The molecule has 0 saturated heterocycles. The average Bonchev–Trinajstić information content (AvgIpc) is 2.48. The lowest BCUT2D eigenvalue weighted by molar-refractivity contribution is -0.213. The molecule has 0 unspecified atom stereocenters. The number of hydrogen-bond acceptors (Lipinski definition) is 2. The van der Waals surface area contributed by atoms with E-state index < -0.39 is 23.7 Å². The lowest BCUT2D eigenvalue weighted by Crippen LogP contribution is -2.24. The lowest BCUT2D eigenvalue weighted by Gasteiger charge is -2.10. The van der Waals surface area contributed by atoms with Crippen molar-refractivity contribution >= 4 is 5.78 Å². The van der Waals surface area contributed by atoms with Crippen molar-refractivity contribution < 1.29 is 18.0 Å². The first-order chi connectivity index (χ1) is 6.34. The smallest absolute Gasteiger partial charge is 0.292 e. The number of halogens is 3. The average molecular weight is 206 g/mol. The van der Waals surface area contributed by atoms with E-state index in [9.17, 15) is 18.0 Å². The van der Waals surface area contributed by atoms with E-state index in [0.29, 0.717) is 0 Å². The van der Waals surface area contributed by atoms with Crippen molar-refractivity contribution in [2.24, 2.45) is 5.92 Å². The highest BCUT2D eigenvalue weighted by molar-refractivity contribution is 5.95. The zero-order valence-corrected chi connectivity index (χ0v) is 7.67. The third-order valence-electron chi connectivity index (χ3n) is 1.66. The van der Waals surface area contributed by atoms with Gasteiger partial charge in [-0.3, -0.25) is 4.79 Å². The summed E-state index contributed by atoms with van der Waals surface area (Å²) in [5.74, 6) is -1.05. The molecule has 0 aromatic carbocycles. The van der Waals surface area contributed by atoms with E-state index in [2.05, 4.69) is 5.10 Å². The Bertz CT molecular complexity index is 341. The number of rotatable bonds is 2. The second-order valence-corrected chi connectivity index (χ2v) is 3.12. The molecule has 0 radical (unpaired) electrons. The van der Waals surface area contributed by atoms with Crippen molar-refractivity contribution in [3.05, 3.63) is 18.0 Å².